The van der Waals surface area contributed by atoms with Gasteiger partial charge in [0.15, 0.2) is 5.82 Å². The summed E-state index contributed by atoms with van der Waals surface area (Å²) in [5.41, 5.74) is 5.50. The quantitative estimate of drug-likeness (QED) is 0.635. The molecule has 0 fully saturated rings. The Morgan fingerprint density at radius 1 is 1.91 bits per heavy atom. The summed E-state index contributed by atoms with van der Waals surface area (Å²) in [5, 5.41) is 10.7. The van der Waals surface area contributed by atoms with E-state index in [9.17, 15) is 0 Å². The van der Waals surface area contributed by atoms with Gasteiger partial charge in [-0.1, -0.05) is 0 Å². The van der Waals surface area contributed by atoms with Gasteiger partial charge < -0.3 is 10.3 Å². The van der Waals surface area contributed by atoms with Gasteiger partial charge in [-0.05, 0) is 12.2 Å². The predicted molar refractivity (Wildman–Crippen MR) is 38.8 cm³/mol. The van der Waals surface area contributed by atoms with Gasteiger partial charge in [-0.25, -0.2) is 5.16 Å². The van der Waals surface area contributed by atoms with Gasteiger partial charge >= 0.3 is 4.84 Å². The second-order valence-electron chi connectivity index (χ2n) is 1.94. The molecule has 0 aliphatic carbocycles. The first-order chi connectivity index (χ1) is 5.24. The van der Waals surface area contributed by atoms with Crippen LogP contribution < -0.4 is 5.73 Å². The molecule has 0 bridgehead atoms. The molecule has 1 aromatic rings. The number of hydrogen-bond donors (Lipinski definition) is 2. The van der Waals surface area contributed by atoms with Crippen LogP contribution in [-0.2, 0) is 0 Å². The lowest BCUT2D eigenvalue weighted by Gasteiger charge is -1.98. The molecule has 1 atom stereocenters. The van der Waals surface area contributed by atoms with Crippen LogP contribution in [0.3, 0.4) is 0 Å². The first-order valence-electron chi connectivity index (χ1n) is 2.92. The standard InChI is InChI=1S/C5H6N4OS/c6-2-1-3(7)4-8-5(11)10-9-4/h3H,1,7H2,(H,8,9,11). The van der Waals surface area contributed by atoms with Crippen LogP contribution in [0.4, 0.5) is 0 Å². The zero-order chi connectivity index (χ0) is 8.27. The van der Waals surface area contributed by atoms with E-state index in [1.54, 1.807) is 0 Å². The van der Waals surface area contributed by atoms with Crippen molar-refractivity contribution in [2.24, 2.45) is 5.73 Å². The van der Waals surface area contributed by atoms with Crippen LogP contribution in [0.2, 0.25) is 0 Å². The van der Waals surface area contributed by atoms with Gasteiger partial charge in [0.25, 0.3) is 0 Å². The molecular formula is C5H6N4OS. The Bertz CT molecular complexity index is 322. The molecular weight excluding hydrogens is 164 g/mol. The molecule has 0 spiro atoms. The van der Waals surface area contributed by atoms with E-state index in [1.165, 1.54) is 0 Å². The van der Waals surface area contributed by atoms with Gasteiger partial charge in [-0.15, -0.1) is 0 Å². The molecule has 1 rings (SSSR count). The lowest BCUT2D eigenvalue weighted by molar-refractivity contribution is 0.394. The maximum absolute atomic E-state index is 8.28. The van der Waals surface area contributed by atoms with E-state index in [4.69, 9.17) is 11.0 Å². The van der Waals surface area contributed by atoms with Crippen molar-refractivity contribution in [1.82, 2.24) is 10.1 Å². The molecule has 3 N–H and O–H groups in total. The Labute approximate surface area is 67.8 Å². The number of H-pyrrole nitrogens is 1. The number of nitrogens with two attached hydrogens (primary N) is 1. The Balaban J connectivity index is 2.78. The van der Waals surface area contributed by atoms with Gasteiger partial charge in [-0.3, -0.25) is 0 Å². The monoisotopic (exact) mass is 170 g/mol. The number of nitrogens with one attached hydrogen (secondary N) is 1. The highest BCUT2D eigenvalue weighted by molar-refractivity contribution is 7.71. The van der Waals surface area contributed by atoms with Crippen LogP contribution in [0.25, 0.3) is 0 Å². The van der Waals surface area contributed by atoms with Crippen molar-refractivity contribution in [3.05, 3.63) is 10.7 Å². The largest absolute Gasteiger partial charge is 0.348 e. The maximum Gasteiger partial charge on any atom is 0.314 e. The molecule has 5 nitrogen and oxygen atoms in total. The van der Waals surface area contributed by atoms with Crippen molar-refractivity contribution < 1.29 is 4.52 Å². The summed E-state index contributed by atoms with van der Waals surface area (Å²) in [6.07, 6.45) is 0.192. The van der Waals surface area contributed by atoms with E-state index in [0.717, 1.165) is 0 Å². The summed E-state index contributed by atoms with van der Waals surface area (Å²) in [6.45, 7) is 0. The molecule has 0 saturated carbocycles. The average molecular weight is 170 g/mol. The Hall–Kier alpha value is -1.19. The summed E-state index contributed by atoms with van der Waals surface area (Å²) in [7, 11) is 0. The van der Waals surface area contributed by atoms with Crippen molar-refractivity contribution in [2.75, 3.05) is 0 Å². The van der Waals surface area contributed by atoms with Crippen LogP contribution in [0.5, 0.6) is 0 Å². The highest BCUT2D eigenvalue weighted by Gasteiger charge is 2.08. The summed E-state index contributed by atoms with van der Waals surface area (Å²) in [4.78, 5) is 3.85. The molecule has 1 aromatic heterocycles. The van der Waals surface area contributed by atoms with E-state index >= 15 is 0 Å². The first-order valence-corrected chi connectivity index (χ1v) is 3.33. The summed E-state index contributed by atoms with van der Waals surface area (Å²) in [5.74, 6) is 0.413. The van der Waals surface area contributed by atoms with E-state index in [-0.39, 0.29) is 11.3 Å². The molecule has 0 radical (unpaired) electrons. The highest BCUT2D eigenvalue weighted by atomic mass is 32.1. The third kappa shape index (κ3) is 1.86. The van der Waals surface area contributed by atoms with Crippen molar-refractivity contribution in [3.8, 4) is 6.07 Å². The SMILES string of the molecule is N#CCC(N)c1nc(=S)o[nH]1. The zero-order valence-corrected chi connectivity index (χ0v) is 6.39. The molecule has 0 saturated heterocycles. The second-order valence-corrected chi connectivity index (χ2v) is 2.29. The van der Waals surface area contributed by atoms with Crippen LogP contribution in [-0.4, -0.2) is 10.1 Å². The summed E-state index contributed by atoms with van der Waals surface area (Å²) < 4.78 is 4.62. The molecule has 1 heterocycles. The third-order valence-corrected chi connectivity index (χ3v) is 1.29. The van der Waals surface area contributed by atoms with Crippen LogP contribution in [0.15, 0.2) is 4.52 Å². The van der Waals surface area contributed by atoms with Gasteiger partial charge in [0, 0.05) is 0 Å². The fourth-order valence-corrected chi connectivity index (χ4v) is 0.734. The minimum Gasteiger partial charge on any atom is -0.348 e. The highest BCUT2D eigenvalue weighted by Crippen LogP contribution is 2.06. The van der Waals surface area contributed by atoms with E-state index in [0.29, 0.717) is 5.82 Å². The fourth-order valence-electron chi connectivity index (χ4n) is 0.594. The van der Waals surface area contributed by atoms with Gasteiger partial charge in [0.1, 0.15) is 0 Å². The third-order valence-electron chi connectivity index (χ3n) is 1.12. The van der Waals surface area contributed by atoms with Gasteiger partial charge in [0.2, 0.25) is 0 Å². The van der Waals surface area contributed by atoms with Crippen molar-refractivity contribution >= 4 is 12.2 Å². The van der Waals surface area contributed by atoms with Crippen molar-refractivity contribution in [3.63, 3.8) is 0 Å². The van der Waals surface area contributed by atoms with E-state index in [1.807, 2.05) is 6.07 Å². The van der Waals surface area contributed by atoms with E-state index < -0.39 is 6.04 Å². The fraction of sp³-hybridized carbons (Fsp3) is 0.400. The predicted octanol–water partition coefficient (Wildman–Crippen LogP) is 0.646. The van der Waals surface area contributed by atoms with Gasteiger partial charge in [0.05, 0.1) is 18.5 Å². The van der Waals surface area contributed by atoms with Crippen LogP contribution >= 0.6 is 12.2 Å². The molecule has 58 valence electrons. The smallest absolute Gasteiger partial charge is 0.314 e. The summed E-state index contributed by atoms with van der Waals surface area (Å²) in [6, 6.07) is 1.47. The topological polar surface area (TPSA) is 91.6 Å². The molecule has 0 aliphatic rings. The van der Waals surface area contributed by atoms with Gasteiger partial charge in [-0.2, -0.15) is 10.2 Å². The second kappa shape index (κ2) is 3.27. The lowest BCUT2D eigenvalue weighted by atomic mass is 10.2. The number of rotatable bonds is 2. The Morgan fingerprint density at radius 3 is 3.09 bits per heavy atom. The zero-order valence-electron chi connectivity index (χ0n) is 5.57. The first kappa shape index (κ1) is 7.91. The maximum atomic E-state index is 8.28. The minimum atomic E-state index is -0.444. The average Bonchev–Trinajstić information content (AvgIpc) is 2.36. The van der Waals surface area contributed by atoms with Crippen LogP contribution in [0, 0.1) is 16.2 Å². The molecule has 11 heavy (non-hydrogen) atoms. The Morgan fingerprint density at radius 2 is 2.64 bits per heavy atom. The summed E-state index contributed by atoms with van der Waals surface area (Å²) >= 11 is 4.59. The molecule has 0 aromatic carbocycles. The number of aromatic nitrogens is 2. The number of hydrogen-bond acceptors (Lipinski definition) is 5. The minimum absolute atomic E-state index is 0.105. The number of nitriles is 1. The normalized spacial score (nSPS) is 12.4. The van der Waals surface area contributed by atoms with E-state index in [2.05, 4.69) is 26.9 Å². The molecule has 6 heteroatoms. The van der Waals surface area contributed by atoms with Crippen molar-refractivity contribution in [2.45, 2.75) is 12.5 Å². The lowest BCUT2D eigenvalue weighted by Crippen LogP contribution is -2.10. The molecule has 1 unspecified atom stereocenters. The Kier molecular flexibility index (Phi) is 2.36. The van der Waals surface area contributed by atoms with Crippen molar-refractivity contribution in [1.29, 1.82) is 5.26 Å². The van der Waals surface area contributed by atoms with Crippen LogP contribution in [0.1, 0.15) is 18.3 Å². The molecule has 0 amide bonds. The number of aromatic amines is 1. The molecule has 0 aliphatic heterocycles. The number of nitrogens with zero attached hydrogens (tertiary/aromatic N) is 2.